The molecule has 0 radical (unpaired) electrons. The highest BCUT2D eigenvalue weighted by molar-refractivity contribution is 7.57. The molecular formula is C51H60F2N5O7PS. The summed E-state index contributed by atoms with van der Waals surface area (Å²) in [6.45, 7) is 2.08. The second-order valence-electron chi connectivity index (χ2n) is 19.9. The standard InChI is InChI=1S/C51H60F2N5O7PS/c1-31(50(62)64-40-14-9-15-40)55-66(63,65-41-12-7-4-8-13-41)46(53)33-16-21-44-34(24-33)25-45(67-44)47(59)54-42-19-17-37(56(2)39-26-36(52)27-39)28-38-18-20-43(58(38)48(42)60)49(61)57-30-35(29-51(57)22-23-51)32-10-5-3-6-11-32/h3-8,10-13,16,21,24-25,31,35-40,42-43,46H,9,14-15,17-20,22-23,26-30H2,1-2H3,(H,54,59)(H,55,63)/t31-,35+,36?,37-,38+,39?,42-,43-,46+,66?/m0/s1. The van der Waals surface area contributed by atoms with Gasteiger partial charge in [-0.2, -0.15) is 0 Å². The summed E-state index contributed by atoms with van der Waals surface area (Å²) < 4.78 is 57.5. The lowest BCUT2D eigenvalue weighted by Gasteiger charge is -2.45. The minimum atomic E-state index is -4.48. The van der Waals surface area contributed by atoms with Crippen LogP contribution in [0.5, 0.6) is 5.75 Å². The summed E-state index contributed by atoms with van der Waals surface area (Å²) in [5, 5.41) is 6.24. The fraction of sp³-hybridized carbons (Fsp3) is 0.529. The first-order chi connectivity index (χ1) is 32.3. The van der Waals surface area contributed by atoms with Gasteiger partial charge in [-0.1, -0.05) is 54.6 Å². The van der Waals surface area contributed by atoms with E-state index in [-0.39, 0.29) is 58.8 Å². The number of hydrogen-bond acceptors (Lipinski definition) is 9. The summed E-state index contributed by atoms with van der Waals surface area (Å²) in [6.07, 6.45) is 8.01. The zero-order chi connectivity index (χ0) is 46.6. The van der Waals surface area contributed by atoms with Gasteiger partial charge in [-0.3, -0.25) is 23.7 Å². The molecule has 3 saturated carbocycles. The van der Waals surface area contributed by atoms with Crippen LogP contribution in [0.25, 0.3) is 10.1 Å². The highest BCUT2D eigenvalue weighted by Gasteiger charge is 2.59. The smallest absolute Gasteiger partial charge is 0.355 e. The highest BCUT2D eigenvalue weighted by Crippen LogP contribution is 2.58. The van der Waals surface area contributed by atoms with Crippen molar-refractivity contribution in [3.05, 3.63) is 101 Å². The zero-order valence-electron chi connectivity index (χ0n) is 38.1. The Kier molecular flexibility index (Phi) is 12.8. The number of halogens is 2. The first kappa shape index (κ1) is 46.1. The average molecular weight is 956 g/mol. The van der Waals surface area contributed by atoms with Crippen molar-refractivity contribution in [1.82, 2.24) is 25.1 Å². The third-order valence-electron chi connectivity index (χ3n) is 15.5. The number of alkyl halides is 2. The SMILES string of the molecule is C[C@H](NP(=O)(Oc1ccccc1)[C@@H](F)c1ccc2sc(C(=O)N[C@H]3CC[C@H](N(C)C4CC(F)C4)C[C@H]4CC[C@@H](C(=O)N5C[C@H](c6ccccc6)CC56CC6)N4C3=O)cc2c1)C(=O)OC1CCC1. The van der Waals surface area contributed by atoms with E-state index in [1.807, 2.05) is 25.2 Å². The Morgan fingerprint density at radius 1 is 0.910 bits per heavy atom. The molecule has 1 unspecified atom stereocenters. The third-order valence-corrected chi connectivity index (χ3v) is 18.8. The number of ether oxygens (including phenoxy) is 1. The Labute approximate surface area is 394 Å². The maximum absolute atomic E-state index is 16.8. The van der Waals surface area contributed by atoms with E-state index >= 15 is 4.39 Å². The van der Waals surface area contributed by atoms with Crippen LogP contribution in [0.3, 0.4) is 0 Å². The summed E-state index contributed by atoms with van der Waals surface area (Å²) in [4.78, 5) is 63.4. The molecule has 12 nitrogen and oxygen atoms in total. The molecule has 3 aliphatic heterocycles. The molecule has 4 heterocycles. The molecule has 8 atom stereocenters. The number of rotatable bonds is 14. The van der Waals surface area contributed by atoms with Crippen LogP contribution < -0.4 is 14.9 Å². The molecule has 3 aromatic carbocycles. The number of hydrogen-bond donors (Lipinski definition) is 2. The van der Waals surface area contributed by atoms with Gasteiger partial charge < -0.3 is 29.3 Å². The van der Waals surface area contributed by atoms with Crippen LogP contribution in [0.15, 0.2) is 84.9 Å². The summed E-state index contributed by atoms with van der Waals surface area (Å²) in [7, 11) is -2.45. The van der Waals surface area contributed by atoms with Crippen LogP contribution >= 0.6 is 18.9 Å². The van der Waals surface area contributed by atoms with Crippen molar-refractivity contribution in [2.45, 2.75) is 156 Å². The van der Waals surface area contributed by atoms with Crippen LogP contribution in [0.4, 0.5) is 8.78 Å². The van der Waals surface area contributed by atoms with E-state index in [2.05, 4.69) is 32.3 Å². The lowest BCUT2D eigenvalue weighted by Crippen LogP contribution is -2.59. The Bertz CT molecular complexity index is 2540. The first-order valence-electron chi connectivity index (χ1n) is 24.1. The number of nitrogens with one attached hydrogen (secondary N) is 2. The largest absolute Gasteiger partial charge is 0.461 e. The molecule has 3 saturated heterocycles. The van der Waals surface area contributed by atoms with Gasteiger partial charge in [-0.15, -0.1) is 11.3 Å². The van der Waals surface area contributed by atoms with Crippen molar-refractivity contribution < 1.29 is 41.8 Å². The molecule has 2 N–H and O–H groups in total. The Morgan fingerprint density at radius 3 is 2.33 bits per heavy atom. The predicted molar refractivity (Wildman–Crippen MR) is 252 cm³/mol. The molecule has 3 amide bonds. The average Bonchev–Trinajstić information content (AvgIpc) is 3.58. The van der Waals surface area contributed by atoms with E-state index in [0.717, 1.165) is 38.5 Å². The summed E-state index contributed by atoms with van der Waals surface area (Å²) >= 11 is 1.19. The van der Waals surface area contributed by atoms with Crippen molar-refractivity contribution in [2.24, 2.45) is 0 Å². The fourth-order valence-corrected chi connectivity index (χ4v) is 14.0. The van der Waals surface area contributed by atoms with Crippen LogP contribution in [0.2, 0.25) is 0 Å². The number of nitrogens with zero attached hydrogens (tertiary/aromatic N) is 3. The van der Waals surface area contributed by atoms with E-state index in [1.54, 1.807) is 47.4 Å². The van der Waals surface area contributed by atoms with Crippen molar-refractivity contribution in [3.63, 3.8) is 0 Å². The van der Waals surface area contributed by atoms with Gasteiger partial charge in [0.2, 0.25) is 17.7 Å². The molecular weight excluding hydrogens is 896 g/mol. The highest BCUT2D eigenvalue weighted by atomic mass is 32.1. The topological polar surface area (TPSA) is 138 Å². The van der Waals surface area contributed by atoms with Gasteiger partial charge in [0.05, 0.1) is 4.88 Å². The zero-order valence-corrected chi connectivity index (χ0v) is 39.8. The quantitative estimate of drug-likeness (QED) is 0.0937. The number of para-hydroxylation sites is 1. The maximum atomic E-state index is 16.8. The maximum Gasteiger partial charge on any atom is 0.355 e. The van der Waals surface area contributed by atoms with Crippen LogP contribution in [-0.4, -0.2) is 106 Å². The Hall–Kier alpha value is -4.69. The van der Waals surface area contributed by atoms with Crippen molar-refractivity contribution >= 4 is 52.6 Å². The van der Waals surface area contributed by atoms with Crippen LogP contribution in [0, 0.1) is 0 Å². The van der Waals surface area contributed by atoms with Crippen LogP contribution in [0.1, 0.15) is 123 Å². The van der Waals surface area contributed by atoms with Gasteiger partial charge in [0.15, 0.2) is 0 Å². The molecule has 4 aromatic rings. The van der Waals surface area contributed by atoms with Crippen molar-refractivity contribution in [2.75, 3.05) is 13.6 Å². The predicted octanol–water partition coefficient (Wildman–Crippen LogP) is 9.21. The van der Waals surface area contributed by atoms with E-state index in [0.29, 0.717) is 66.5 Å². The number of benzene rings is 3. The monoisotopic (exact) mass is 955 g/mol. The number of carbonyl (C=O) groups excluding carboxylic acids is 4. The van der Waals surface area contributed by atoms with Gasteiger partial charge >= 0.3 is 13.5 Å². The molecule has 0 bridgehead atoms. The Balaban J connectivity index is 0.884. The normalized spacial score (nSPS) is 28.7. The lowest BCUT2D eigenvalue weighted by molar-refractivity contribution is -0.154. The Morgan fingerprint density at radius 2 is 1.64 bits per heavy atom. The third kappa shape index (κ3) is 9.30. The van der Waals surface area contributed by atoms with E-state index in [4.69, 9.17) is 9.26 Å². The minimum Gasteiger partial charge on any atom is -0.461 e. The van der Waals surface area contributed by atoms with Gasteiger partial charge in [0.1, 0.15) is 36.2 Å². The van der Waals surface area contributed by atoms with E-state index in [9.17, 15) is 28.1 Å². The van der Waals surface area contributed by atoms with Gasteiger partial charge in [0.25, 0.3) is 5.91 Å². The van der Waals surface area contributed by atoms with Crippen molar-refractivity contribution in [1.29, 1.82) is 0 Å². The summed E-state index contributed by atoms with van der Waals surface area (Å²) in [6, 6.07) is 22.1. The van der Waals surface area contributed by atoms with E-state index in [1.165, 1.54) is 36.0 Å². The molecule has 6 fully saturated rings. The molecule has 3 aliphatic carbocycles. The number of likely N-dealkylation sites (tertiary alicyclic amines) is 1. The number of amides is 3. The lowest BCUT2D eigenvalue weighted by atomic mass is 9.86. The van der Waals surface area contributed by atoms with Gasteiger partial charge in [-0.25, -0.2) is 13.9 Å². The van der Waals surface area contributed by atoms with Gasteiger partial charge in [0, 0.05) is 40.8 Å². The van der Waals surface area contributed by atoms with E-state index < -0.39 is 49.6 Å². The van der Waals surface area contributed by atoms with Crippen molar-refractivity contribution in [3.8, 4) is 5.75 Å². The minimum absolute atomic E-state index is 0.00921. The van der Waals surface area contributed by atoms with Crippen LogP contribution in [-0.2, 0) is 23.7 Å². The second-order valence-corrected chi connectivity index (χ2v) is 23.1. The molecule has 1 aromatic heterocycles. The molecule has 10 rings (SSSR count). The first-order valence-corrected chi connectivity index (χ1v) is 26.6. The molecule has 67 heavy (non-hydrogen) atoms. The summed E-state index contributed by atoms with van der Waals surface area (Å²) in [5.41, 5.74) is 1.06. The second kappa shape index (κ2) is 18.7. The molecule has 1 spiro atoms. The molecule has 356 valence electrons. The summed E-state index contributed by atoms with van der Waals surface area (Å²) in [5.74, 6) is -3.20. The number of thiophene rings is 1. The number of carbonyl (C=O) groups is 4. The number of fused-ring (bicyclic) bond motifs is 2. The number of esters is 1. The fourth-order valence-electron chi connectivity index (χ4n) is 11.2. The van der Waals surface area contributed by atoms with Gasteiger partial charge in [-0.05, 0) is 144 Å². The molecule has 16 heteroatoms. The molecule has 6 aliphatic rings.